The van der Waals surface area contributed by atoms with Gasteiger partial charge in [-0.25, -0.2) is 4.39 Å². The molecule has 0 aromatic carbocycles. The van der Waals surface area contributed by atoms with Crippen LogP contribution in [0.1, 0.15) is 13.8 Å². The minimum atomic E-state index is -1.10. The van der Waals surface area contributed by atoms with E-state index < -0.39 is 5.67 Å². The van der Waals surface area contributed by atoms with Crippen LogP contribution in [0, 0.1) is 0 Å². The quantitative estimate of drug-likeness (QED) is 0.556. The molecule has 2 nitrogen and oxygen atoms in total. The molecule has 1 saturated heterocycles. The maximum absolute atomic E-state index is 13.2. The van der Waals surface area contributed by atoms with Crippen molar-refractivity contribution in [2.45, 2.75) is 25.6 Å². The molecule has 0 amide bonds. The van der Waals surface area contributed by atoms with E-state index in [0.717, 1.165) is 19.6 Å². The summed E-state index contributed by atoms with van der Waals surface area (Å²) in [5.41, 5.74) is -1.10. The molecule has 60 valence electrons. The van der Waals surface area contributed by atoms with Crippen molar-refractivity contribution >= 4 is 0 Å². The molecule has 0 spiro atoms. The number of hydrogen-bond donors (Lipinski definition) is 2. The second kappa shape index (κ2) is 2.84. The average Bonchev–Trinajstić information content (AvgIpc) is 1.88. The van der Waals surface area contributed by atoms with Gasteiger partial charge in [-0.1, -0.05) is 0 Å². The Morgan fingerprint density at radius 2 is 2.10 bits per heavy atom. The summed E-state index contributed by atoms with van der Waals surface area (Å²) in [6.45, 7) is 5.78. The van der Waals surface area contributed by atoms with Gasteiger partial charge < -0.3 is 10.6 Å². The van der Waals surface area contributed by atoms with E-state index in [1.54, 1.807) is 13.8 Å². The maximum Gasteiger partial charge on any atom is 0.121 e. The Balaban J connectivity index is 2.39. The summed E-state index contributed by atoms with van der Waals surface area (Å²) in [5.74, 6) is 0. The summed E-state index contributed by atoms with van der Waals surface area (Å²) in [4.78, 5) is 0. The van der Waals surface area contributed by atoms with Crippen molar-refractivity contribution in [1.29, 1.82) is 0 Å². The van der Waals surface area contributed by atoms with Gasteiger partial charge in [0.05, 0.1) is 6.04 Å². The van der Waals surface area contributed by atoms with Gasteiger partial charge in [0.2, 0.25) is 0 Å². The van der Waals surface area contributed by atoms with Crippen LogP contribution < -0.4 is 10.6 Å². The molecule has 0 bridgehead atoms. The second-order valence-corrected chi connectivity index (χ2v) is 3.28. The van der Waals surface area contributed by atoms with Crippen LogP contribution in [0.4, 0.5) is 4.39 Å². The van der Waals surface area contributed by atoms with Crippen molar-refractivity contribution in [3.63, 3.8) is 0 Å². The van der Waals surface area contributed by atoms with E-state index in [4.69, 9.17) is 0 Å². The number of piperazine rings is 1. The van der Waals surface area contributed by atoms with Gasteiger partial charge >= 0.3 is 0 Å². The Morgan fingerprint density at radius 1 is 1.40 bits per heavy atom. The molecule has 0 aliphatic carbocycles. The van der Waals surface area contributed by atoms with Gasteiger partial charge in [0, 0.05) is 19.6 Å². The SMILES string of the molecule is CC(C)(F)C1CNCCN1. The minimum Gasteiger partial charge on any atom is -0.314 e. The Labute approximate surface area is 61.2 Å². The highest BCUT2D eigenvalue weighted by atomic mass is 19.1. The van der Waals surface area contributed by atoms with Gasteiger partial charge in [0.15, 0.2) is 0 Å². The molecule has 1 heterocycles. The van der Waals surface area contributed by atoms with Gasteiger partial charge in [-0.15, -0.1) is 0 Å². The number of rotatable bonds is 1. The third-order valence-electron chi connectivity index (χ3n) is 1.87. The molecule has 1 aliphatic rings. The number of alkyl halides is 1. The van der Waals surface area contributed by atoms with Crippen LogP contribution in [0.3, 0.4) is 0 Å². The van der Waals surface area contributed by atoms with E-state index >= 15 is 0 Å². The van der Waals surface area contributed by atoms with Crippen molar-refractivity contribution < 1.29 is 4.39 Å². The van der Waals surface area contributed by atoms with Crippen molar-refractivity contribution in [3.8, 4) is 0 Å². The zero-order valence-corrected chi connectivity index (χ0v) is 6.58. The van der Waals surface area contributed by atoms with E-state index in [2.05, 4.69) is 10.6 Å². The first-order valence-electron chi connectivity index (χ1n) is 3.74. The average molecular weight is 146 g/mol. The monoisotopic (exact) mass is 146 g/mol. The van der Waals surface area contributed by atoms with Crippen LogP contribution in [-0.2, 0) is 0 Å². The van der Waals surface area contributed by atoms with Crippen molar-refractivity contribution in [1.82, 2.24) is 10.6 Å². The summed E-state index contributed by atoms with van der Waals surface area (Å²) in [7, 11) is 0. The summed E-state index contributed by atoms with van der Waals surface area (Å²) < 4.78 is 13.2. The highest BCUT2D eigenvalue weighted by Gasteiger charge is 2.29. The Bertz CT molecular complexity index is 103. The second-order valence-electron chi connectivity index (χ2n) is 3.28. The molecule has 3 heteroatoms. The van der Waals surface area contributed by atoms with Gasteiger partial charge in [-0.05, 0) is 13.8 Å². The van der Waals surface area contributed by atoms with Crippen LogP contribution >= 0.6 is 0 Å². The summed E-state index contributed by atoms with van der Waals surface area (Å²) in [6, 6.07) is -0.0266. The first kappa shape index (κ1) is 7.95. The van der Waals surface area contributed by atoms with Gasteiger partial charge in [-0.3, -0.25) is 0 Å². The molecule has 2 N–H and O–H groups in total. The highest BCUT2D eigenvalue weighted by molar-refractivity contribution is 4.88. The fourth-order valence-electron chi connectivity index (χ4n) is 1.14. The van der Waals surface area contributed by atoms with Crippen LogP contribution in [0.25, 0.3) is 0 Å². The topological polar surface area (TPSA) is 24.1 Å². The number of nitrogens with one attached hydrogen (secondary N) is 2. The van der Waals surface area contributed by atoms with Crippen molar-refractivity contribution in [3.05, 3.63) is 0 Å². The predicted octanol–water partition coefficient (Wildman–Crippen LogP) is 0.296. The molecule has 1 unspecified atom stereocenters. The third-order valence-corrected chi connectivity index (χ3v) is 1.87. The molecule has 0 aromatic heterocycles. The third kappa shape index (κ3) is 1.92. The van der Waals surface area contributed by atoms with Gasteiger partial charge in [0.25, 0.3) is 0 Å². The van der Waals surface area contributed by atoms with E-state index in [0.29, 0.717) is 0 Å². The largest absolute Gasteiger partial charge is 0.314 e. The Hall–Kier alpha value is -0.150. The Kier molecular flexibility index (Phi) is 2.26. The van der Waals surface area contributed by atoms with Crippen LogP contribution in [0.15, 0.2) is 0 Å². The normalized spacial score (nSPS) is 28.5. The lowest BCUT2D eigenvalue weighted by Crippen LogP contribution is -2.56. The number of halogens is 1. The first-order chi connectivity index (χ1) is 4.61. The summed E-state index contributed by atoms with van der Waals surface area (Å²) >= 11 is 0. The number of hydrogen-bond acceptors (Lipinski definition) is 2. The molecule has 1 rings (SSSR count). The lowest BCUT2D eigenvalue weighted by atomic mass is 10.00. The van der Waals surface area contributed by atoms with Crippen LogP contribution in [-0.4, -0.2) is 31.3 Å². The zero-order valence-electron chi connectivity index (χ0n) is 6.58. The van der Waals surface area contributed by atoms with E-state index in [9.17, 15) is 4.39 Å². The predicted molar refractivity (Wildman–Crippen MR) is 39.8 cm³/mol. The Morgan fingerprint density at radius 3 is 2.40 bits per heavy atom. The van der Waals surface area contributed by atoms with Gasteiger partial charge in [0.1, 0.15) is 5.67 Å². The molecular weight excluding hydrogens is 131 g/mol. The van der Waals surface area contributed by atoms with Crippen LogP contribution in [0.5, 0.6) is 0 Å². The molecule has 1 fully saturated rings. The summed E-state index contributed by atoms with van der Waals surface area (Å²) in [5, 5.41) is 6.26. The minimum absolute atomic E-state index is 0.0266. The fourth-order valence-corrected chi connectivity index (χ4v) is 1.14. The van der Waals surface area contributed by atoms with E-state index in [-0.39, 0.29) is 6.04 Å². The van der Waals surface area contributed by atoms with Crippen molar-refractivity contribution in [2.75, 3.05) is 19.6 Å². The lowest BCUT2D eigenvalue weighted by Gasteiger charge is -2.31. The molecule has 0 radical (unpaired) electrons. The highest BCUT2D eigenvalue weighted by Crippen LogP contribution is 2.14. The molecule has 0 saturated carbocycles. The first-order valence-corrected chi connectivity index (χ1v) is 3.74. The molecular formula is C7H15FN2. The summed E-state index contributed by atoms with van der Waals surface area (Å²) in [6.07, 6.45) is 0. The zero-order chi connectivity index (χ0) is 7.61. The maximum atomic E-state index is 13.2. The lowest BCUT2D eigenvalue weighted by molar-refractivity contribution is 0.137. The van der Waals surface area contributed by atoms with Gasteiger partial charge in [-0.2, -0.15) is 0 Å². The van der Waals surface area contributed by atoms with E-state index in [1.807, 2.05) is 0 Å². The smallest absolute Gasteiger partial charge is 0.121 e. The fraction of sp³-hybridized carbons (Fsp3) is 1.00. The standard InChI is InChI=1S/C7H15FN2/c1-7(2,8)6-5-9-3-4-10-6/h6,9-10H,3-5H2,1-2H3. The van der Waals surface area contributed by atoms with Crippen molar-refractivity contribution in [2.24, 2.45) is 0 Å². The molecule has 10 heavy (non-hydrogen) atoms. The van der Waals surface area contributed by atoms with Crippen LogP contribution in [0.2, 0.25) is 0 Å². The molecule has 0 aromatic rings. The molecule has 1 aliphatic heterocycles. The molecule has 1 atom stereocenters. The van der Waals surface area contributed by atoms with E-state index in [1.165, 1.54) is 0 Å².